The molecule has 168 valence electrons. The molecular weight excluding hydrogens is 392 g/mol. The summed E-state index contributed by atoms with van der Waals surface area (Å²) in [6.45, 7) is 7.56. The minimum Gasteiger partial charge on any atom is -0.355 e. The Morgan fingerprint density at radius 1 is 1.10 bits per heavy atom. The van der Waals surface area contributed by atoms with Gasteiger partial charge in [-0.05, 0) is 24.8 Å². The summed E-state index contributed by atoms with van der Waals surface area (Å²) in [4.78, 5) is 65.5. The normalized spacial score (nSPS) is 22.8. The lowest BCUT2D eigenvalue weighted by molar-refractivity contribution is -0.197. The van der Waals surface area contributed by atoms with E-state index in [4.69, 9.17) is 6.21 Å². The highest BCUT2D eigenvalue weighted by Crippen LogP contribution is 2.23. The number of hydrogen-bond donors (Lipinski definition) is 2. The smallest absolute Gasteiger partial charge is 0.334 e. The molecule has 0 spiro atoms. The minimum absolute atomic E-state index is 0.000759. The molecule has 0 aromatic rings. The summed E-state index contributed by atoms with van der Waals surface area (Å²) in [6.07, 6.45) is 1.06. The zero-order valence-corrected chi connectivity index (χ0v) is 17.9. The van der Waals surface area contributed by atoms with E-state index < -0.39 is 29.7 Å². The molecule has 30 heavy (non-hydrogen) atoms. The van der Waals surface area contributed by atoms with Gasteiger partial charge in [-0.2, -0.15) is 0 Å². The Morgan fingerprint density at radius 2 is 1.73 bits per heavy atom. The predicted molar refractivity (Wildman–Crippen MR) is 106 cm³/mol. The number of likely N-dealkylation sites (tertiary alicyclic amines) is 1. The Hall–Kier alpha value is -2.49. The summed E-state index contributed by atoms with van der Waals surface area (Å²) < 4.78 is 8.60. The standard InChI is InChI=1S/C20H32N4O6/c1-20(2,3)13-23-12-4-5-14(23)19(29)22-10-8-15(25)21-11-9-18(28)30-24-16(26)6-7-17(24)27/h14H,4-13H2,1-3H3,(H,21,25)(H,22,29)/i14D. The molecule has 1 unspecified atom stereocenters. The van der Waals surface area contributed by atoms with E-state index in [2.05, 4.69) is 31.4 Å². The maximum atomic E-state index is 12.6. The quantitative estimate of drug-likeness (QED) is 0.503. The molecule has 10 heteroatoms. The van der Waals surface area contributed by atoms with Crippen molar-refractivity contribution in [2.45, 2.75) is 65.3 Å². The molecule has 0 bridgehead atoms. The minimum atomic E-state index is -1.32. The number of carbonyl (C=O) groups excluding carboxylic acids is 5. The zero-order valence-electron chi connectivity index (χ0n) is 18.9. The van der Waals surface area contributed by atoms with Crippen LogP contribution in [0, 0.1) is 5.41 Å². The third-order valence-corrected chi connectivity index (χ3v) is 4.64. The molecule has 2 heterocycles. The van der Waals surface area contributed by atoms with Crippen molar-refractivity contribution < 1.29 is 30.2 Å². The average molecular weight is 426 g/mol. The predicted octanol–water partition coefficient (Wildman–Crippen LogP) is 0.117. The van der Waals surface area contributed by atoms with Gasteiger partial charge in [0.05, 0.1) is 13.8 Å². The fourth-order valence-corrected chi connectivity index (χ4v) is 3.32. The first-order chi connectivity index (χ1) is 14.4. The second-order valence-electron chi connectivity index (χ2n) is 8.68. The SMILES string of the molecule is [2H]C1(C(=O)NCCC(=O)NCCC(=O)ON2C(=O)CCC2=O)CCCN1CC(C)(C)C. The van der Waals surface area contributed by atoms with Crippen molar-refractivity contribution in [2.24, 2.45) is 5.41 Å². The van der Waals surface area contributed by atoms with E-state index >= 15 is 0 Å². The summed E-state index contributed by atoms with van der Waals surface area (Å²) >= 11 is 0. The van der Waals surface area contributed by atoms with E-state index in [0.29, 0.717) is 24.6 Å². The van der Waals surface area contributed by atoms with Gasteiger partial charge in [-0.1, -0.05) is 20.8 Å². The number of carbonyl (C=O) groups is 5. The second-order valence-corrected chi connectivity index (χ2v) is 8.68. The van der Waals surface area contributed by atoms with Crippen LogP contribution in [0.3, 0.4) is 0 Å². The summed E-state index contributed by atoms with van der Waals surface area (Å²) in [5.41, 5.74) is -0.0344. The maximum Gasteiger partial charge on any atom is 0.334 e. The number of hydrogen-bond acceptors (Lipinski definition) is 7. The van der Waals surface area contributed by atoms with Crippen LogP contribution in [-0.2, 0) is 28.8 Å². The van der Waals surface area contributed by atoms with Crippen LogP contribution in [0.4, 0.5) is 0 Å². The number of amides is 4. The first-order valence-corrected chi connectivity index (χ1v) is 10.3. The van der Waals surface area contributed by atoms with Crippen molar-refractivity contribution in [2.75, 3.05) is 26.2 Å². The van der Waals surface area contributed by atoms with Crippen LogP contribution in [0.2, 0.25) is 0 Å². The van der Waals surface area contributed by atoms with E-state index in [1.807, 2.05) is 4.90 Å². The van der Waals surface area contributed by atoms with Crippen molar-refractivity contribution in [3.8, 4) is 0 Å². The average Bonchev–Trinajstić information content (AvgIpc) is 3.18. The Kier molecular flexibility index (Phi) is 7.78. The molecule has 2 aliphatic heterocycles. The monoisotopic (exact) mass is 425 g/mol. The lowest BCUT2D eigenvalue weighted by Crippen LogP contribution is -2.46. The van der Waals surface area contributed by atoms with Crippen molar-refractivity contribution in [1.82, 2.24) is 20.6 Å². The molecule has 2 fully saturated rings. The Bertz CT molecular complexity index is 722. The van der Waals surface area contributed by atoms with Crippen molar-refractivity contribution in [1.29, 1.82) is 0 Å². The Morgan fingerprint density at radius 3 is 2.37 bits per heavy atom. The van der Waals surface area contributed by atoms with Gasteiger partial charge in [0.2, 0.25) is 11.8 Å². The van der Waals surface area contributed by atoms with Gasteiger partial charge >= 0.3 is 5.97 Å². The van der Waals surface area contributed by atoms with Crippen molar-refractivity contribution in [3.63, 3.8) is 0 Å². The topological polar surface area (TPSA) is 125 Å². The van der Waals surface area contributed by atoms with E-state index in [1.54, 1.807) is 0 Å². The van der Waals surface area contributed by atoms with Crippen LogP contribution in [0.25, 0.3) is 0 Å². The molecule has 2 rings (SSSR count). The maximum absolute atomic E-state index is 12.6. The number of rotatable bonds is 9. The van der Waals surface area contributed by atoms with Crippen LogP contribution in [-0.4, -0.2) is 71.8 Å². The number of imide groups is 1. The summed E-state index contributed by atoms with van der Waals surface area (Å²) in [6, 6.07) is -1.32. The summed E-state index contributed by atoms with van der Waals surface area (Å²) in [7, 11) is 0. The van der Waals surface area contributed by atoms with Gasteiger partial charge < -0.3 is 15.5 Å². The lowest BCUT2D eigenvalue weighted by Gasteiger charge is -2.30. The molecular formula is C20H32N4O6. The third-order valence-electron chi connectivity index (χ3n) is 4.64. The molecule has 0 radical (unpaired) electrons. The number of nitrogens with zero attached hydrogens (tertiary/aromatic N) is 2. The van der Waals surface area contributed by atoms with E-state index in [1.165, 1.54) is 0 Å². The molecule has 10 nitrogen and oxygen atoms in total. The van der Waals surface area contributed by atoms with E-state index in [9.17, 15) is 24.0 Å². The molecule has 2 N–H and O–H groups in total. The zero-order chi connectivity index (χ0) is 23.2. The largest absolute Gasteiger partial charge is 0.355 e. The van der Waals surface area contributed by atoms with Gasteiger partial charge in [0.15, 0.2) is 0 Å². The van der Waals surface area contributed by atoms with Crippen LogP contribution in [0.1, 0.15) is 60.7 Å². The van der Waals surface area contributed by atoms with Crippen LogP contribution in [0.15, 0.2) is 0 Å². The van der Waals surface area contributed by atoms with E-state index in [0.717, 1.165) is 6.42 Å². The number of hydroxylamine groups is 2. The van der Waals surface area contributed by atoms with Gasteiger partial charge in [0.25, 0.3) is 11.8 Å². The van der Waals surface area contributed by atoms with Crippen LogP contribution < -0.4 is 10.6 Å². The fourth-order valence-electron chi connectivity index (χ4n) is 3.32. The second kappa shape index (κ2) is 10.5. The molecule has 2 aliphatic rings. The molecule has 1 atom stereocenters. The van der Waals surface area contributed by atoms with Gasteiger partial charge in [-0.3, -0.25) is 24.1 Å². The molecule has 4 amide bonds. The lowest BCUT2D eigenvalue weighted by atomic mass is 9.95. The highest BCUT2D eigenvalue weighted by Gasteiger charge is 2.33. The summed E-state index contributed by atoms with van der Waals surface area (Å²) in [5.74, 6) is -2.71. The highest BCUT2D eigenvalue weighted by atomic mass is 16.7. The Labute approximate surface area is 178 Å². The van der Waals surface area contributed by atoms with Crippen molar-refractivity contribution in [3.05, 3.63) is 0 Å². The molecule has 0 aromatic heterocycles. The summed E-state index contributed by atoms with van der Waals surface area (Å²) in [5, 5.41) is 5.64. The fraction of sp³-hybridized carbons (Fsp3) is 0.750. The number of nitrogens with one attached hydrogen (secondary N) is 2. The van der Waals surface area contributed by atoms with Crippen molar-refractivity contribution >= 4 is 29.6 Å². The molecule has 0 saturated carbocycles. The first kappa shape index (κ1) is 22.2. The van der Waals surface area contributed by atoms with Gasteiger partial charge in [-0.25, -0.2) is 4.79 Å². The van der Waals surface area contributed by atoms with Crippen LogP contribution >= 0.6 is 0 Å². The first-order valence-electron chi connectivity index (χ1n) is 10.8. The van der Waals surface area contributed by atoms with E-state index in [-0.39, 0.29) is 50.1 Å². The highest BCUT2D eigenvalue weighted by molar-refractivity contribution is 6.01. The van der Waals surface area contributed by atoms with Gasteiger partial charge in [-0.15, -0.1) is 5.06 Å². The third kappa shape index (κ3) is 7.40. The van der Waals surface area contributed by atoms with Gasteiger partial charge in [0.1, 0.15) is 0 Å². The Balaban J connectivity index is 1.66. The van der Waals surface area contributed by atoms with Gasteiger partial charge in [0, 0.05) is 38.9 Å². The molecule has 2 saturated heterocycles. The van der Waals surface area contributed by atoms with Crippen LogP contribution in [0.5, 0.6) is 0 Å². The molecule has 0 aromatic carbocycles. The molecule has 0 aliphatic carbocycles.